The second-order valence-electron chi connectivity index (χ2n) is 4.65. The Morgan fingerprint density at radius 2 is 1.87 bits per heavy atom. The van der Waals surface area contributed by atoms with Crippen molar-refractivity contribution in [1.29, 1.82) is 0 Å². The van der Waals surface area contributed by atoms with Gasteiger partial charge in [-0.2, -0.15) is 0 Å². The van der Waals surface area contributed by atoms with Crippen molar-refractivity contribution in [1.82, 2.24) is 0 Å². The quantitative estimate of drug-likeness (QED) is 0.795. The van der Waals surface area contributed by atoms with Gasteiger partial charge >= 0.3 is 0 Å². The molecule has 1 N–H and O–H groups in total. The van der Waals surface area contributed by atoms with E-state index in [0.29, 0.717) is 27.2 Å². The molecule has 0 heterocycles. The van der Waals surface area contributed by atoms with Crippen LogP contribution in [0, 0.1) is 0 Å². The van der Waals surface area contributed by atoms with E-state index in [1.54, 1.807) is 43.3 Å². The average molecular weight is 375 g/mol. The average Bonchev–Trinajstić information content (AvgIpc) is 2.52. The number of hydrogen-bond acceptors (Lipinski definition) is 3. The molecule has 1 atom stereocenters. The lowest BCUT2D eigenvalue weighted by atomic mass is 10.2. The van der Waals surface area contributed by atoms with Crippen LogP contribution in [0.2, 0.25) is 15.1 Å². The molecule has 2 aromatic rings. The maximum absolute atomic E-state index is 12.3. The van der Waals surface area contributed by atoms with Crippen LogP contribution in [0.3, 0.4) is 0 Å². The van der Waals surface area contributed by atoms with Gasteiger partial charge in [0, 0.05) is 5.02 Å². The van der Waals surface area contributed by atoms with Crippen molar-refractivity contribution >= 4 is 46.4 Å². The summed E-state index contributed by atoms with van der Waals surface area (Å²) in [5.74, 6) is 0.456. The molecule has 0 aliphatic rings. The van der Waals surface area contributed by atoms with Gasteiger partial charge in [-0.25, -0.2) is 0 Å². The molecule has 23 heavy (non-hydrogen) atoms. The summed E-state index contributed by atoms with van der Waals surface area (Å²) in [6.07, 6.45) is -0.797. The molecule has 2 rings (SSSR count). The zero-order valence-corrected chi connectivity index (χ0v) is 14.7. The van der Waals surface area contributed by atoms with Crippen LogP contribution in [0.4, 0.5) is 5.69 Å². The summed E-state index contributed by atoms with van der Waals surface area (Å²) < 4.78 is 10.7. The molecule has 7 heteroatoms. The highest BCUT2D eigenvalue weighted by Crippen LogP contribution is 2.32. The zero-order valence-electron chi connectivity index (χ0n) is 12.4. The number of carbonyl (C=O) groups excluding carboxylic acids is 1. The molecule has 0 spiro atoms. The van der Waals surface area contributed by atoms with E-state index < -0.39 is 6.10 Å². The van der Waals surface area contributed by atoms with Crippen molar-refractivity contribution in [3.05, 3.63) is 51.5 Å². The van der Waals surface area contributed by atoms with Crippen molar-refractivity contribution in [2.45, 2.75) is 13.0 Å². The number of benzene rings is 2. The number of amides is 1. The number of rotatable bonds is 5. The van der Waals surface area contributed by atoms with Gasteiger partial charge in [-0.1, -0.05) is 40.9 Å². The number of anilines is 1. The fourth-order valence-corrected chi connectivity index (χ4v) is 2.34. The van der Waals surface area contributed by atoms with Crippen LogP contribution in [0.1, 0.15) is 6.92 Å². The first kappa shape index (κ1) is 17.7. The third-order valence-electron chi connectivity index (χ3n) is 3.01. The van der Waals surface area contributed by atoms with Crippen LogP contribution >= 0.6 is 34.8 Å². The van der Waals surface area contributed by atoms with Gasteiger partial charge in [0.2, 0.25) is 0 Å². The lowest BCUT2D eigenvalue weighted by molar-refractivity contribution is -0.122. The molecule has 0 aromatic heterocycles. The smallest absolute Gasteiger partial charge is 0.265 e. The SMILES string of the molecule is COc1ccc(Cl)cc1NC(=O)[C@@H](C)Oc1cccc(Cl)c1Cl. The molecule has 0 aliphatic carbocycles. The van der Waals surface area contributed by atoms with Gasteiger partial charge in [-0.3, -0.25) is 4.79 Å². The van der Waals surface area contributed by atoms with Gasteiger partial charge in [-0.15, -0.1) is 0 Å². The summed E-state index contributed by atoms with van der Waals surface area (Å²) in [6.45, 7) is 1.60. The second kappa shape index (κ2) is 7.77. The maximum Gasteiger partial charge on any atom is 0.265 e. The third kappa shape index (κ3) is 4.44. The fourth-order valence-electron chi connectivity index (χ4n) is 1.83. The summed E-state index contributed by atoms with van der Waals surface area (Å²) in [5, 5.41) is 3.80. The molecule has 0 saturated carbocycles. The van der Waals surface area contributed by atoms with Gasteiger partial charge in [0.05, 0.1) is 17.8 Å². The minimum Gasteiger partial charge on any atom is -0.495 e. The van der Waals surface area contributed by atoms with E-state index in [9.17, 15) is 4.79 Å². The number of hydrogen-bond donors (Lipinski definition) is 1. The third-order valence-corrected chi connectivity index (χ3v) is 4.05. The van der Waals surface area contributed by atoms with E-state index in [0.717, 1.165) is 0 Å². The van der Waals surface area contributed by atoms with Gasteiger partial charge in [0.15, 0.2) is 6.10 Å². The summed E-state index contributed by atoms with van der Waals surface area (Å²) in [4.78, 5) is 12.3. The van der Waals surface area contributed by atoms with Gasteiger partial charge in [0.1, 0.15) is 16.5 Å². The standard InChI is InChI=1S/C16H14Cl3NO3/c1-9(23-14-5-3-4-11(18)15(14)19)16(21)20-12-8-10(17)6-7-13(12)22-2/h3-9H,1-2H3,(H,20,21)/t9-/m1/s1. The van der Waals surface area contributed by atoms with Crippen LogP contribution in [0.25, 0.3) is 0 Å². The molecule has 1 amide bonds. The van der Waals surface area contributed by atoms with Gasteiger partial charge in [-0.05, 0) is 37.3 Å². The Morgan fingerprint density at radius 1 is 1.13 bits per heavy atom. The van der Waals surface area contributed by atoms with E-state index in [-0.39, 0.29) is 10.9 Å². The van der Waals surface area contributed by atoms with Crippen molar-refractivity contribution in [3.8, 4) is 11.5 Å². The minimum absolute atomic E-state index is 0.258. The number of nitrogens with one attached hydrogen (secondary N) is 1. The first-order valence-corrected chi connectivity index (χ1v) is 7.81. The summed E-state index contributed by atoms with van der Waals surface area (Å²) in [6, 6.07) is 9.89. The first-order valence-electron chi connectivity index (χ1n) is 6.67. The van der Waals surface area contributed by atoms with Crippen LogP contribution in [-0.2, 0) is 4.79 Å². The lowest BCUT2D eigenvalue weighted by Crippen LogP contribution is -2.30. The summed E-state index contributed by atoms with van der Waals surface area (Å²) >= 11 is 17.9. The van der Waals surface area contributed by atoms with Crippen LogP contribution in [0.15, 0.2) is 36.4 Å². The highest BCUT2D eigenvalue weighted by Gasteiger charge is 2.18. The van der Waals surface area contributed by atoms with Crippen molar-refractivity contribution in [2.75, 3.05) is 12.4 Å². The molecule has 0 unspecified atom stereocenters. The molecule has 4 nitrogen and oxygen atoms in total. The van der Waals surface area contributed by atoms with E-state index >= 15 is 0 Å². The van der Waals surface area contributed by atoms with Crippen molar-refractivity contribution < 1.29 is 14.3 Å². The topological polar surface area (TPSA) is 47.6 Å². The Bertz CT molecular complexity index is 722. The van der Waals surface area contributed by atoms with E-state index in [2.05, 4.69) is 5.32 Å². The summed E-state index contributed by atoms with van der Waals surface area (Å²) in [7, 11) is 1.50. The lowest BCUT2D eigenvalue weighted by Gasteiger charge is -2.17. The molecule has 2 aromatic carbocycles. The van der Waals surface area contributed by atoms with Crippen LogP contribution in [0.5, 0.6) is 11.5 Å². The Labute approximate surface area is 149 Å². The number of carbonyl (C=O) groups is 1. The van der Waals surface area contributed by atoms with Crippen molar-refractivity contribution in [3.63, 3.8) is 0 Å². The summed E-state index contributed by atoms with van der Waals surface area (Å²) in [5.41, 5.74) is 0.456. The molecular weight excluding hydrogens is 361 g/mol. The fraction of sp³-hybridized carbons (Fsp3) is 0.188. The molecule has 0 bridgehead atoms. The normalized spacial score (nSPS) is 11.7. The Kier molecular flexibility index (Phi) is 5.99. The molecular formula is C16H14Cl3NO3. The Morgan fingerprint density at radius 3 is 2.57 bits per heavy atom. The molecule has 122 valence electrons. The highest BCUT2D eigenvalue weighted by molar-refractivity contribution is 6.42. The predicted octanol–water partition coefficient (Wildman–Crippen LogP) is 5.06. The molecule has 0 aliphatic heterocycles. The Hall–Kier alpha value is -1.62. The highest BCUT2D eigenvalue weighted by atomic mass is 35.5. The predicted molar refractivity (Wildman–Crippen MR) is 93.2 cm³/mol. The van der Waals surface area contributed by atoms with Crippen LogP contribution in [-0.4, -0.2) is 19.1 Å². The number of ether oxygens (including phenoxy) is 2. The van der Waals surface area contributed by atoms with E-state index in [4.69, 9.17) is 44.3 Å². The number of halogens is 3. The first-order chi connectivity index (χ1) is 10.9. The molecule has 0 saturated heterocycles. The minimum atomic E-state index is -0.797. The zero-order chi connectivity index (χ0) is 17.0. The van der Waals surface area contributed by atoms with E-state index in [1.807, 2.05) is 0 Å². The monoisotopic (exact) mass is 373 g/mol. The second-order valence-corrected chi connectivity index (χ2v) is 5.87. The number of methoxy groups -OCH3 is 1. The largest absolute Gasteiger partial charge is 0.495 e. The maximum atomic E-state index is 12.3. The van der Waals surface area contributed by atoms with Gasteiger partial charge < -0.3 is 14.8 Å². The van der Waals surface area contributed by atoms with Crippen LogP contribution < -0.4 is 14.8 Å². The van der Waals surface area contributed by atoms with Gasteiger partial charge in [0.25, 0.3) is 5.91 Å². The van der Waals surface area contributed by atoms with E-state index in [1.165, 1.54) is 7.11 Å². The van der Waals surface area contributed by atoms with Crippen molar-refractivity contribution in [2.24, 2.45) is 0 Å². The molecule has 0 fully saturated rings. The Balaban J connectivity index is 2.11. The molecule has 0 radical (unpaired) electrons.